The van der Waals surface area contributed by atoms with Crippen molar-refractivity contribution in [2.45, 2.75) is 41.5 Å². The molecule has 0 rings (SSSR count). The zero-order valence-corrected chi connectivity index (χ0v) is 9.46. The summed E-state index contributed by atoms with van der Waals surface area (Å²) in [7, 11) is 0. The normalized spacial score (nSPS) is 17.7. The highest BCUT2D eigenvalue weighted by Gasteiger charge is 2.05. The number of allylic oxidation sites excluding steroid dienone is 2. The maximum absolute atomic E-state index is 2.36. The Kier molecular flexibility index (Phi) is 5.28. The number of hydrogen-bond donors (Lipinski definition) is 0. The zero-order valence-electron chi connectivity index (χ0n) is 9.46. The topological polar surface area (TPSA) is 0 Å². The molecule has 0 saturated carbocycles. The monoisotopic (exact) mass is 168 g/mol. The minimum Gasteiger partial charge on any atom is -0.0852 e. The first kappa shape index (κ1) is 11.7. The Bertz CT molecular complexity index is 115. The first-order chi connectivity index (χ1) is 5.45. The van der Waals surface area contributed by atoms with Crippen LogP contribution >= 0.6 is 0 Å². The highest BCUT2D eigenvalue weighted by molar-refractivity contribution is 4.91. The lowest BCUT2D eigenvalue weighted by molar-refractivity contribution is 0.478. The van der Waals surface area contributed by atoms with E-state index in [9.17, 15) is 0 Å². The second-order valence-electron chi connectivity index (χ2n) is 4.59. The van der Waals surface area contributed by atoms with E-state index in [-0.39, 0.29) is 0 Å². The van der Waals surface area contributed by atoms with Crippen molar-refractivity contribution in [2.24, 2.45) is 23.7 Å². The van der Waals surface area contributed by atoms with Crippen molar-refractivity contribution in [1.29, 1.82) is 0 Å². The molecular weight excluding hydrogens is 144 g/mol. The summed E-state index contributed by atoms with van der Waals surface area (Å²) in [4.78, 5) is 0. The Morgan fingerprint density at radius 3 is 1.00 bits per heavy atom. The molecule has 0 fully saturated rings. The Balaban J connectivity index is 3.89. The van der Waals surface area contributed by atoms with Crippen LogP contribution in [0, 0.1) is 23.7 Å². The fourth-order valence-corrected chi connectivity index (χ4v) is 0.795. The fourth-order valence-electron chi connectivity index (χ4n) is 0.795. The van der Waals surface area contributed by atoms with Gasteiger partial charge in [0.25, 0.3) is 0 Å². The lowest BCUT2D eigenvalue weighted by Crippen LogP contribution is -2.03. The lowest BCUT2D eigenvalue weighted by atomic mass is 9.92. The van der Waals surface area contributed by atoms with E-state index in [2.05, 4.69) is 53.7 Å². The molecule has 0 amide bonds. The maximum atomic E-state index is 2.36. The van der Waals surface area contributed by atoms with Crippen LogP contribution in [0.5, 0.6) is 0 Å². The molecule has 0 aliphatic rings. The van der Waals surface area contributed by atoms with Gasteiger partial charge in [-0.05, 0) is 23.7 Å². The smallest absolute Gasteiger partial charge is 0.0239 e. The average molecular weight is 168 g/mol. The van der Waals surface area contributed by atoms with Crippen molar-refractivity contribution >= 4 is 0 Å². The van der Waals surface area contributed by atoms with Gasteiger partial charge in [-0.3, -0.25) is 0 Å². The van der Waals surface area contributed by atoms with Gasteiger partial charge in [0, 0.05) is 0 Å². The summed E-state index contributed by atoms with van der Waals surface area (Å²) in [6.45, 7) is 13.7. The second kappa shape index (κ2) is 5.40. The van der Waals surface area contributed by atoms with E-state index < -0.39 is 0 Å². The predicted molar refractivity (Wildman–Crippen MR) is 57.1 cm³/mol. The molecule has 0 N–H and O–H groups in total. The van der Waals surface area contributed by atoms with Crippen LogP contribution in [0.3, 0.4) is 0 Å². The average Bonchev–Trinajstić information content (AvgIpc) is 1.98. The molecule has 0 aliphatic carbocycles. The van der Waals surface area contributed by atoms with Crippen LogP contribution in [0.25, 0.3) is 0 Å². The molecule has 0 aromatic carbocycles. The summed E-state index contributed by atoms with van der Waals surface area (Å²) in [5, 5.41) is 0. The third-order valence-electron chi connectivity index (χ3n) is 2.82. The molecule has 0 heterocycles. The van der Waals surface area contributed by atoms with Gasteiger partial charge < -0.3 is 0 Å². The second-order valence-corrected chi connectivity index (χ2v) is 4.59. The van der Waals surface area contributed by atoms with E-state index in [1.807, 2.05) is 0 Å². The fraction of sp³-hybridized carbons (Fsp3) is 0.833. The summed E-state index contributed by atoms with van der Waals surface area (Å²) in [6.07, 6.45) is 4.71. The highest BCUT2D eigenvalue weighted by Crippen LogP contribution is 2.16. The minimum absolute atomic E-state index is 0.714. The summed E-state index contributed by atoms with van der Waals surface area (Å²) >= 11 is 0. The van der Waals surface area contributed by atoms with Gasteiger partial charge in [0.15, 0.2) is 0 Å². The van der Waals surface area contributed by atoms with Crippen molar-refractivity contribution in [3.05, 3.63) is 12.2 Å². The predicted octanol–water partition coefficient (Wildman–Crippen LogP) is 4.13. The minimum atomic E-state index is 0.714. The quantitative estimate of drug-likeness (QED) is 0.554. The van der Waals surface area contributed by atoms with E-state index in [4.69, 9.17) is 0 Å². The standard InChI is InChI=1S/C12H24/c1-9(2)11(5)7-8-12(6)10(3)4/h7-12H,1-6H3/b8-7+. The third-order valence-corrected chi connectivity index (χ3v) is 2.82. The molecule has 0 heteroatoms. The molecule has 0 aromatic heterocycles. The summed E-state index contributed by atoms with van der Waals surface area (Å²) in [6, 6.07) is 0. The van der Waals surface area contributed by atoms with E-state index >= 15 is 0 Å². The largest absolute Gasteiger partial charge is 0.0852 e. The number of hydrogen-bond acceptors (Lipinski definition) is 0. The first-order valence-corrected chi connectivity index (χ1v) is 5.13. The Morgan fingerprint density at radius 2 is 0.833 bits per heavy atom. The van der Waals surface area contributed by atoms with Crippen LogP contribution in [-0.2, 0) is 0 Å². The van der Waals surface area contributed by atoms with Gasteiger partial charge in [-0.15, -0.1) is 0 Å². The zero-order chi connectivity index (χ0) is 9.72. The van der Waals surface area contributed by atoms with Gasteiger partial charge >= 0.3 is 0 Å². The van der Waals surface area contributed by atoms with Crippen LogP contribution in [0.15, 0.2) is 12.2 Å². The molecule has 0 saturated heterocycles. The summed E-state index contributed by atoms with van der Waals surface area (Å²) in [5.41, 5.74) is 0. The van der Waals surface area contributed by atoms with Crippen LogP contribution in [0.4, 0.5) is 0 Å². The van der Waals surface area contributed by atoms with Gasteiger partial charge in [0.1, 0.15) is 0 Å². The molecule has 2 atom stereocenters. The Morgan fingerprint density at radius 1 is 0.583 bits per heavy atom. The van der Waals surface area contributed by atoms with E-state index in [0.29, 0.717) is 11.8 Å². The number of rotatable bonds is 4. The Hall–Kier alpha value is -0.260. The van der Waals surface area contributed by atoms with Crippen molar-refractivity contribution in [1.82, 2.24) is 0 Å². The Labute approximate surface area is 78.1 Å². The van der Waals surface area contributed by atoms with Crippen LogP contribution in [-0.4, -0.2) is 0 Å². The van der Waals surface area contributed by atoms with Crippen molar-refractivity contribution in [3.8, 4) is 0 Å². The third kappa shape index (κ3) is 4.58. The molecule has 0 aliphatic heterocycles. The molecule has 0 nitrogen and oxygen atoms in total. The van der Waals surface area contributed by atoms with E-state index in [1.54, 1.807) is 0 Å². The lowest BCUT2D eigenvalue weighted by Gasteiger charge is -2.13. The first-order valence-electron chi connectivity index (χ1n) is 5.13. The molecule has 0 spiro atoms. The molecule has 0 radical (unpaired) electrons. The summed E-state index contributed by atoms with van der Waals surface area (Å²) < 4.78 is 0. The van der Waals surface area contributed by atoms with Crippen molar-refractivity contribution < 1.29 is 0 Å². The van der Waals surface area contributed by atoms with Crippen LogP contribution < -0.4 is 0 Å². The van der Waals surface area contributed by atoms with Gasteiger partial charge in [-0.25, -0.2) is 0 Å². The highest BCUT2D eigenvalue weighted by atomic mass is 14.1. The van der Waals surface area contributed by atoms with Gasteiger partial charge in [-0.1, -0.05) is 53.7 Å². The molecule has 0 aromatic rings. The van der Waals surface area contributed by atoms with E-state index in [1.165, 1.54) is 0 Å². The van der Waals surface area contributed by atoms with Crippen LogP contribution in [0.1, 0.15) is 41.5 Å². The molecule has 12 heavy (non-hydrogen) atoms. The van der Waals surface area contributed by atoms with Crippen molar-refractivity contribution in [2.75, 3.05) is 0 Å². The molecular formula is C12H24. The molecule has 2 unspecified atom stereocenters. The van der Waals surface area contributed by atoms with Gasteiger partial charge in [0.2, 0.25) is 0 Å². The molecule has 0 bridgehead atoms. The van der Waals surface area contributed by atoms with Gasteiger partial charge in [0.05, 0.1) is 0 Å². The van der Waals surface area contributed by atoms with Gasteiger partial charge in [-0.2, -0.15) is 0 Å². The SMILES string of the molecule is CC(C)C(C)/C=C/C(C)C(C)C. The maximum Gasteiger partial charge on any atom is -0.0239 e. The summed E-state index contributed by atoms with van der Waals surface area (Å²) in [5.74, 6) is 2.96. The van der Waals surface area contributed by atoms with Crippen molar-refractivity contribution in [3.63, 3.8) is 0 Å². The van der Waals surface area contributed by atoms with Crippen LogP contribution in [0.2, 0.25) is 0 Å². The van der Waals surface area contributed by atoms with E-state index in [0.717, 1.165) is 11.8 Å². The molecule has 72 valence electrons.